The van der Waals surface area contributed by atoms with E-state index in [1.54, 1.807) is 0 Å². The largest absolute Gasteiger partial charge is 0.490 e. The first kappa shape index (κ1) is 33.8. The lowest BCUT2D eigenvalue weighted by Gasteiger charge is -2.26. The smallest absolute Gasteiger partial charge is 0.481 e. The van der Waals surface area contributed by atoms with E-state index in [1.165, 1.54) is 18.3 Å². The minimum Gasteiger partial charge on any atom is -0.481 e. The van der Waals surface area contributed by atoms with E-state index in [2.05, 4.69) is 25.5 Å². The molecule has 0 aliphatic carbocycles. The summed E-state index contributed by atoms with van der Waals surface area (Å²) in [6.07, 6.45) is -11.1. The number of halogens is 7. The van der Waals surface area contributed by atoms with Crippen LogP contribution >= 0.6 is 11.6 Å². The van der Waals surface area contributed by atoms with Gasteiger partial charge in [-0.05, 0) is 35.9 Å². The third-order valence-electron chi connectivity index (χ3n) is 6.72. The zero-order chi connectivity index (χ0) is 34.1. The molecule has 0 radical (unpaired) electrons. The number of guanidine groups is 1. The zero-order valence-corrected chi connectivity index (χ0v) is 23.7. The molecule has 7 N–H and O–H groups in total. The minimum atomic E-state index is -5.21. The monoisotopic (exact) mass is 677 g/mol. The van der Waals surface area contributed by atoms with Crippen LogP contribution in [-0.4, -0.2) is 70.0 Å². The molecule has 0 spiro atoms. The number of amides is 2. The predicted octanol–water partition coefficient (Wildman–Crippen LogP) is 2.94. The molecule has 0 fully saturated rings. The van der Waals surface area contributed by atoms with Gasteiger partial charge in [-0.25, -0.2) is 9.79 Å². The Bertz CT molecular complexity index is 1740. The van der Waals surface area contributed by atoms with Crippen LogP contribution in [0.3, 0.4) is 0 Å². The molecule has 2 heterocycles. The van der Waals surface area contributed by atoms with Crippen LogP contribution in [0.5, 0.6) is 0 Å². The van der Waals surface area contributed by atoms with Gasteiger partial charge < -0.3 is 31.9 Å². The van der Waals surface area contributed by atoms with Crippen LogP contribution < -0.4 is 22.1 Å². The summed E-state index contributed by atoms with van der Waals surface area (Å²) in [7, 11) is 0. The van der Waals surface area contributed by atoms with Crippen molar-refractivity contribution >= 4 is 57.9 Å². The number of aliphatic carboxylic acids is 1. The van der Waals surface area contributed by atoms with E-state index in [0.29, 0.717) is 12.1 Å². The zero-order valence-electron chi connectivity index (χ0n) is 22.9. The number of fused-ring (bicyclic) bond motifs is 1. The number of nitrogens with two attached hydrogens (primary N) is 2. The van der Waals surface area contributed by atoms with Gasteiger partial charge in [-0.2, -0.15) is 31.4 Å². The Morgan fingerprint density at radius 3 is 2.35 bits per heavy atom. The van der Waals surface area contributed by atoms with Gasteiger partial charge in [0.1, 0.15) is 12.1 Å². The number of hydrogen-bond acceptors (Lipinski definition) is 9. The summed E-state index contributed by atoms with van der Waals surface area (Å²) in [5, 5.41) is 18.9. The lowest BCUT2D eigenvalue weighted by atomic mass is 9.87. The summed E-state index contributed by atoms with van der Waals surface area (Å²) in [5.41, 5.74) is 9.49. The average Bonchev–Trinajstić information content (AvgIpc) is 3.35. The fourth-order valence-corrected chi connectivity index (χ4v) is 4.97. The Balaban J connectivity index is 1.77. The van der Waals surface area contributed by atoms with E-state index in [0.717, 1.165) is 10.7 Å². The number of carbonyl (C=O) groups is 4. The first-order valence-corrected chi connectivity index (χ1v) is 13.3. The number of aliphatic imine (C=N–C) groups is 1. The van der Waals surface area contributed by atoms with E-state index >= 15 is 0 Å². The van der Waals surface area contributed by atoms with Gasteiger partial charge in [-0.15, -0.1) is 0 Å². The van der Waals surface area contributed by atoms with Crippen LogP contribution in [-0.2, 0) is 25.3 Å². The molecular formula is C26H22ClF6N7O6. The van der Waals surface area contributed by atoms with E-state index in [-0.39, 0.29) is 46.8 Å². The molecule has 1 aliphatic rings. The van der Waals surface area contributed by atoms with Crippen molar-refractivity contribution in [2.75, 3.05) is 18.4 Å². The van der Waals surface area contributed by atoms with Crippen LogP contribution in [0.25, 0.3) is 10.9 Å². The number of carbonyl (C=O) groups excluding carboxylic acids is 3. The molecule has 2 aromatic carbocycles. The maximum absolute atomic E-state index is 13.6. The van der Waals surface area contributed by atoms with Crippen LogP contribution in [0.15, 0.2) is 41.5 Å². The summed E-state index contributed by atoms with van der Waals surface area (Å²) in [6, 6.07) is 3.00. The van der Waals surface area contributed by atoms with E-state index in [4.69, 9.17) is 23.1 Å². The second-order valence-electron chi connectivity index (χ2n) is 9.95. The number of carboxylic acid groups (broad SMARTS) is 1. The highest BCUT2D eigenvalue weighted by Crippen LogP contribution is 2.40. The minimum absolute atomic E-state index is 0.0375. The van der Waals surface area contributed by atoms with Crippen LogP contribution in [0, 0.1) is 0 Å². The first-order chi connectivity index (χ1) is 21.3. The molecule has 20 heteroatoms. The van der Waals surface area contributed by atoms with E-state index in [1.807, 2.05) is 0 Å². The number of nitrogens with zero attached hydrogens (tertiary/aromatic N) is 3. The number of nitrogens with one attached hydrogen (secondary N) is 2. The van der Waals surface area contributed by atoms with Crippen molar-refractivity contribution in [2.24, 2.45) is 16.5 Å². The van der Waals surface area contributed by atoms with Gasteiger partial charge in [0.05, 0.1) is 42.5 Å². The predicted molar refractivity (Wildman–Crippen MR) is 148 cm³/mol. The molecule has 246 valence electrons. The normalized spacial score (nSPS) is 16.6. The lowest BCUT2D eigenvalue weighted by molar-refractivity contribution is -0.204. The highest BCUT2D eigenvalue weighted by molar-refractivity contribution is 6.30. The molecule has 1 aromatic heterocycles. The Morgan fingerprint density at radius 2 is 1.80 bits per heavy atom. The summed E-state index contributed by atoms with van der Waals surface area (Å²) in [6.45, 7) is -0.666. The van der Waals surface area contributed by atoms with Crippen molar-refractivity contribution < 1.29 is 55.4 Å². The summed E-state index contributed by atoms with van der Waals surface area (Å²) < 4.78 is 83.6. The van der Waals surface area contributed by atoms with Gasteiger partial charge in [0, 0.05) is 21.9 Å². The highest BCUT2D eigenvalue weighted by atomic mass is 35.5. The molecule has 13 nitrogen and oxygen atoms in total. The second kappa shape index (κ2) is 12.7. The molecule has 3 atom stereocenters. The molecule has 3 aromatic rings. The SMILES string of the molecule is NC(=O)c1cc(NC2=NCC(OC(=O)C(F)(F)F)CN2)c2cnn(C(C(N)=O)[C@@H](CC(=O)O)c3cc(Cl)cc(C(F)(F)F)c3)c2c1. The molecule has 1 aliphatic heterocycles. The van der Waals surface area contributed by atoms with Crippen molar-refractivity contribution in [3.05, 3.63) is 58.2 Å². The Labute approximate surface area is 258 Å². The highest BCUT2D eigenvalue weighted by Gasteiger charge is 2.42. The quantitative estimate of drug-likeness (QED) is 0.167. The number of esters is 1. The van der Waals surface area contributed by atoms with Gasteiger partial charge in [0.15, 0.2) is 5.96 Å². The number of primary amides is 2. The molecular weight excluding hydrogens is 656 g/mol. The molecule has 46 heavy (non-hydrogen) atoms. The number of benzene rings is 2. The second-order valence-corrected chi connectivity index (χ2v) is 10.4. The van der Waals surface area contributed by atoms with Crippen LogP contribution in [0.1, 0.15) is 39.9 Å². The lowest BCUT2D eigenvalue weighted by Crippen LogP contribution is -2.45. The van der Waals surface area contributed by atoms with Crippen LogP contribution in [0.4, 0.5) is 32.0 Å². The van der Waals surface area contributed by atoms with Crippen molar-refractivity contribution in [3.63, 3.8) is 0 Å². The number of anilines is 1. The van der Waals surface area contributed by atoms with Gasteiger partial charge in [0.2, 0.25) is 11.8 Å². The molecule has 2 amide bonds. The number of alkyl halides is 6. The number of hydrogen-bond donors (Lipinski definition) is 5. The van der Waals surface area contributed by atoms with Crippen molar-refractivity contribution in [2.45, 2.75) is 36.8 Å². The topological polar surface area (TPSA) is 204 Å². The standard InChI is InChI=1S/C26H22ClF6N7O6/c27-13-2-10(1-12(5-13)25(28,29)30)15(6-19(41)42)20(22(35)44)40-18-4-11(21(34)43)3-17(16(18)9-38-40)39-24-36-7-14(8-37-24)46-23(45)26(31,32)33/h1-5,9,14-15,20H,6-8H2,(H2,34,43)(H2,35,44)(H,41,42)(H2,36,37,39)/t15-,20?/m0/s1. The summed E-state index contributed by atoms with van der Waals surface area (Å²) >= 11 is 5.93. The molecule has 0 saturated heterocycles. The molecule has 2 unspecified atom stereocenters. The van der Waals surface area contributed by atoms with Gasteiger partial charge in [-0.3, -0.25) is 19.1 Å². The first-order valence-electron chi connectivity index (χ1n) is 12.9. The van der Waals surface area contributed by atoms with Gasteiger partial charge in [-0.1, -0.05) is 11.6 Å². The molecule has 0 bridgehead atoms. The van der Waals surface area contributed by atoms with Gasteiger partial charge in [0.25, 0.3) is 0 Å². The summed E-state index contributed by atoms with van der Waals surface area (Å²) in [5.74, 6) is -7.65. The number of rotatable bonds is 9. The van der Waals surface area contributed by atoms with Crippen molar-refractivity contribution in [1.82, 2.24) is 15.1 Å². The third kappa shape index (κ3) is 7.59. The van der Waals surface area contributed by atoms with Crippen molar-refractivity contribution in [3.8, 4) is 0 Å². The molecule has 4 rings (SSSR count). The maximum Gasteiger partial charge on any atom is 0.490 e. The number of ether oxygens (including phenoxy) is 1. The van der Waals surface area contributed by atoms with E-state index < -0.39 is 71.2 Å². The Morgan fingerprint density at radius 1 is 1.11 bits per heavy atom. The molecule has 0 saturated carbocycles. The number of carboxylic acids is 1. The average molecular weight is 678 g/mol. The Kier molecular flexibility index (Phi) is 9.36. The van der Waals surface area contributed by atoms with Gasteiger partial charge >= 0.3 is 24.3 Å². The third-order valence-corrected chi connectivity index (χ3v) is 6.93. The Hall–Kier alpha value is -5.07. The maximum atomic E-state index is 13.6. The van der Waals surface area contributed by atoms with E-state index in [9.17, 15) is 50.6 Å². The number of aromatic nitrogens is 2. The van der Waals surface area contributed by atoms with Crippen molar-refractivity contribution in [1.29, 1.82) is 0 Å². The fraction of sp³-hybridized carbons (Fsp3) is 0.308. The fourth-order valence-electron chi connectivity index (χ4n) is 4.72. The van der Waals surface area contributed by atoms with Crippen LogP contribution in [0.2, 0.25) is 5.02 Å². The summed E-state index contributed by atoms with van der Waals surface area (Å²) in [4.78, 5) is 52.0.